The van der Waals surface area contributed by atoms with E-state index < -0.39 is 92.1 Å². The van der Waals surface area contributed by atoms with E-state index in [4.69, 9.17) is 47.4 Å². The minimum atomic E-state index is -1.39. The Morgan fingerprint density at radius 2 is 1.14 bits per heavy atom. The highest BCUT2D eigenvalue weighted by Crippen LogP contribution is 2.34. The van der Waals surface area contributed by atoms with Gasteiger partial charge in [-0.25, -0.2) is 0 Å². The summed E-state index contributed by atoms with van der Waals surface area (Å²) in [6.45, 7) is 3.37. The van der Waals surface area contributed by atoms with Crippen molar-refractivity contribution in [1.29, 1.82) is 0 Å². The Morgan fingerprint density at radius 1 is 0.541 bits per heavy atom. The number of aliphatic hydroxyl groups is 4. The highest BCUT2D eigenvalue weighted by atomic mass is 16.8. The zero-order valence-corrected chi connectivity index (χ0v) is 22.2. The van der Waals surface area contributed by atoms with Gasteiger partial charge in [-0.1, -0.05) is 0 Å². The van der Waals surface area contributed by atoms with Gasteiger partial charge in [-0.05, 0) is 13.8 Å². The Hall–Kier alpha value is -0.560. The summed E-state index contributed by atoms with van der Waals surface area (Å²) in [6, 6.07) is 0. The molecule has 15 atom stereocenters. The van der Waals surface area contributed by atoms with E-state index in [0.29, 0.717) is 0 Å². The molecule has 3 aliphatic rings. The second kappa shape index (κ2) is 13.7. The maximum Gasteiger partial charge on any atom is 0.187 e. The standard InChI is InChI=1S/C23H42O14/c1-9-12(24)17(30-5)19(21(27)33-9)37-23-20(32-7)18(31-6)15(10(2)34-23)36-22-14(26)16(29-4)13(25)11(35-22)8-28-3/h9-27H,8H2,1-7H3/t9-,10-,11-,12-,13-,14-,15-,16+,17+,18+,19+,20+,21+,22+,23-/m0/s1. The van der Waals surface area contributed by atoms with Crippen LogP contribution >= 0.6 is 0 Å². The maximum absolute atomic E-state index is 10.8. The van der Waals surface area contributed by atoms with Crippen LogP contribution in [0.2, 0.25) is 0 Å². The van der Waals surface area contributed by atoms with E-state index >= 15 is 0 Å². The van der Waals surface area contributed by atoms with Crippen LogP contribution in [0, 0.1) is 0 Å². The Labute approximate surface area is 216 Å². The maximum atomic E-state index is 10.8. The van der Waals surface area contributed by atoms with Gasteiger partial charge in [0, 0.05) is 35.5 Å². The van der Waals surface area contributed by atoms with E-state index in [0.717, 1.165) is 0 Å². The van der Waals surface area contributed by atoms with Crippen LogP contribution in [0.1, 0.15) is 13.8 Å². The number of hydrogen-bond donors (Lipinski definition) is 4. The van der Waals surface area contributed by atoms with Gasteiger partial charge in [-0.2, -0.15) is 0 Å². The van der Waals surface area contributed by atoms with Crippen LogP contribution in [0.4, 0.5) is 0 Å². The van der Waals surface area contributed by atoms with E-state index in [1.807, 2.05) is 0 Å². The molecule has 3 heterocycles. The smallest absolute Gasteiger partial charge is 0.187 e. The molecule has 0 aromatic carbocycles. The molecule has 4 N–H and O–H groups in total. The molecule has 3 fully saturated rings. The van der Waals surface area contributed by atoms with Crippen molar-refractivity contribution < 1.29 is 67.8 Å². The van der Waals surface area contributed by atoms with E-state index in [1.54, 1.807) is 13.8 Å². The molecule has 0 unspecified atom stereocenters. The van der Waals surface area contributed by atoms with Crippen molar-refractivity contribution in [2.45, 2.75) is 106 Å². The summed E-state index contributed by atoms with van der Waals surface area (Å²) in [7, 11) is 7.11. The average Bonchev–Trinajstić information content (AvgIpc) is 2.87. The minimum absolute atomic E-state index is 0.0472. The molecule has 14 heteroatoms. The number of hydrogen-bond acceptors (Lipinski definition) is 14. The zero-order valence-electron chi connectivity index (χ0n) is 22.2. The van der Waals surface area contributed by atoms with Gasteiger partial charge in [-0.3, -0.25) is 0 Å². The van der Waals surface area contributed by atoms with Gasteiger partial charge in [0.25, 0.3) is 0 Å². The number of ether oxygens (including phenoxy) is 10. The van der Waals surface area contributed by atoms with Crippen LogP contribution in [-0.4, -0.2) is 155 Å². The van der Waals surface area contributed by atoms with Crippen molar-refractivity contribution in [3.8, 4) is 0 Å². The first-order chi connectivity index (χ1) is 17.6. The normalized spacial score (nSPS) is 49.2. The molecule has 14 nitrogen and oxygen atoms in total. The summed E-state index contributed by atoms with van der Waals surface area (Å²) >= 11 is 0. The molecular weight excluding hydrogens is 500 g/mol. The lowest BCUT2D eigenvalue weighted by Crippen LogP contribution is -2.66. The minimum Gasteiger partial charge on any atom is -0.388 e. The lowest BCUT2D eigenvalue weighted by Gasteiger charge is -2.49. The van der Waals surface area contributed by atoms with Crippen LogP contribution in [-0.2, 0) is 47.4 Å². The first-order valence-corrected chi connectivity index (χ1v) is 12.2. The van der Waals surface area contributed by atoms with Gasteiger partial charge in [0.15, 0.2) is 18.9 Å². The summed E-state index contributed by atoms with van der Waals surface area (Å²) < 4.78 is 56.6. The van der Waals surface area contributed by atoms with Crippen LogP contribution in [0.25, 0.3) is 0 Å². The molecule has 3 rings (SSSR count). The third kappa shape index (κ3) is 6.44. The second-order valence-corrected chi connectivity index (χ2v) is 9.41. The van der Waals surface area contributed by atoms with Crippen molar-refractivity contribution in [3.05, 3.63) is 0 Å². The van der Waals surface area contributed by atoms with Crippen molar-refractivity contribution in [2.24, 2.45) is 0 Å². The van der Waals surface area contributed by atoms with Crippen molar-refractivity contribution in [3.63, 3.8) is 0 Å². The van der Waals surface area contributed by atoms with Crippen molar-refractivity contribution in [2.75, 3.05) is 42.2 Å². The second-order valence-electron chi connectivity index (χ2n) is 9.41. The largest absolute Gasteiger partial charge is 0.388 e. The van der Waals surface area contributed by atoms with E-state index in [-0.39, 0.29) is 6.61 Å². The monoisotopic (exact) mass is 542 g/mol. The quantitative estimate of drug-likeness (QED) is 0.233. The van der Waals surface area contributed by atoms with Gasteiger partial charge in [0.2, 0.25) is 0 Å². The van der Waals surface area contributed by atoms with Crippen LogP contribution in [0.15, 0.2) is 0 Å². The molecule has 0 aliphatic carbocycles. The number of methoxy groups -OCH3 is 5. The Kier molecular flexibility index (Phi) is 11.4. The van der Waals surface area contributed by atoms with Gasteiger partial charge in [0.1, 0.15) is 61.0 Å². The van der Waals surface area contributed by atoms with Gasteiger partial charge in [-0.15, -0.1) is 0 Å². The topological polar surface area (TPSA) is 173 Å². The molecule has 0 aromatic heterocycles. The Balaban J connectivity index is 1.77. The summed E-state index contributed by atoms with van der Waals surface area (Å²) in [6.07, 6.45) is -14.8. The Morgan fingerprint density at radius 3 is 1.70 bits per heavy atom. The van der Waals surface area contributed by atoms with Crippen molar-refractivity contribution >= 4 is 0 Å². The molecule has 37 heavy (non-hydrogen) atoms. The van der Waals surface area contributed by atoms with Crippen molar-refractivity contribution in [1.82, 2.24) is 0 Å². The molecule has 0 amide bonds. The molecular formula is C23H42O14. The third-order valence-electron chi connectivity index (χ3n) is 7.15. The summed E-state index contributed by atoms with van der Waals surface area (Å²) in [5.74, 6) is 0. The van der Waals surface area contributed by atoms with Crippen LogP contribution in [0.3, 0.4) is 0 Å². The molecule has 0 radical (unpaired) electrons. The fraction of sp³-hybridized carbons (Fsp3) is 1.00. The van der Waals surface area contributed by atoms with E-state index in [2.05, 4.69) is 0 Å². The highest BCUT2D eigenvalue weighted by Gasteiger charge is 2.53. The molecule has 3 saturated heterocycles. The summed E-state index contributed by atoms with van der Waals surface area (Å²) in [5, 5.41) is 42.2. The lowest BCUT2D eigenvalue weighted by atomic mass is 9.96. The summed E-state index contributed by atoms with van der Waals surface area (Å²) in [4.78, 5) is 0. The fourth-order valence-electron chi connectivity index (χ4n) is 5.11. The Bertz CT molecular complexity index is 686. The number of aliphatic hydroxyl groups excluding tert-OH is 4. The molecule has 0 spiro atoms. The van der Waals surface area contributed by atoms with E-state index in [1.165, 1.54) is 35.5 Å². The SMILES string of the molecule is COC[C@@H]1O[C@H](O[C@@H]2[C@@H](OC)[C@@H](OC)[C@H](O[C@@H]3[C@H](OC)[C@@H](O)[C@H](C)O[C@H]3O)O[C@H]2C)[C@@H](O)[C@H](OC)[C@H]1O. The predicted molar refractivity (Wildman–Crippen MR) is 122 cm³/mol. The first kappa shape index (κ1) is 31.0. The fourth-order valence-corrected chi connectivity index (χ4v) is 5.11. The number of rotatable bonds is 10. The molecule has 218 valence electrons. The molecule has 3 aliphatic heterocycles. The third-order valence-corrected chi connectivity index (χ3v) is 7.15. The molecule has 0 aromatic rings. The average molecular weight is 543 g/mol. The zero-order chi connectivity index (χ0) is 27.4. The van der Waals surface area contributed by atoms with E-state index in [9.17, 15) is 20.4 Å². The van der Waals surface area contributed by atoms with Crippen LogP contribution in [0.5, 0.6) is 0 Å². The first-order valence-electron chi connectivity index (χ1n) is 12.2. The molecule has 0 saturated carbocycles. The summed E-state index contributed by atoms with van der Waals surface area (Å²) in [5.41, 5.74) is 0. The van der Waals surface area contributed by atoms with Gasteiger partial charge in [0.05, 0.1) is 18.8 Å². The predicted octanol–water partition coefficient (Wildman–Crippen LogP) is -2.25. The molecule has 0 bridgehead atoms. The highest BCUT2D eigenvalue weighted by molar-refractivity contribution is 4.96. The van der Waals surface area contributed by atoms with Crippen LogP contribution < -0.4 is 0 Å². The van der Waals surface area contributed by atoms with Gasteiger partial charge >= 0.3 is 0 Å². The lowest BCUT2D eigenvalue weighted by molar-refractivity contribution is -0.381. The van der Waals surface area contributed by atoms with Gasteiger partial charge < -0.3 is 67.8 Å².